The predicted octanol–water partition coefficient (Wildman–Crippen LogP) is 3.30. The molecule has 2 aromatic carbocycles. The fourth-order valence-corrected chi connectivity index (χ4v) is 2.50. The molecule has 2 rings (SSSR count). The van der Waals surface area contributed by atoms with Crippen LogP contribution in [0.15, 0.2) is 54.6 Å². The summed E-state index contributed by atoms with van der Waals surface area (Å²) in [4.78, 5) is 25.2. The molecule has 0 spiro atoms. The van der Waals surface area contributed by atoms with Crippen molar-refractivity contribution in [3.8, 4) is 5.75 Å². The maximum Gasteiger partial charge on any atom is 0.257 e. The van der Waals surface area contributed by atoms with E-state index in [1.807, 2.05) is 18.2 Å². The van der Waals surface area contributed by atoms with Crippen LogP contribution >= 0.6 is 0 Å². The van der Waals surface area contributed by atoms with Gasteiger partial charge in [-0.15, -0.1) is 0 Å². The number of unbranched alkanes of at least 4 members (excludes halogenated alkanes) is 1. The van der Waals surface area contributed by atoms with E-state index in [9.17, 15) is 9.59 Å². The number of carbonyl (C=O) groups is 2. The van der Waals surface area contributed by atoms with Crippen molar-refractivity contribution in [3.63, 3.8) is 0 Å². The lowest BCUT2D eigenvalue weighted by Gasteiger charge is -2.19. The van der Waals surface area contributed by atoms with E-state index in [1.54, 1.807) is 24.3 Å². The summed E-state index contributed by atoms with van der Waals surface area (Å²) < 4.78 is 5.42. The number of rotatable bonds is 10. The van der Waals surface area contributed by atoms with Crippen LogP contribution in [-0.2, 0) is 4.79 Å². The third-order valence-corrected chi connectivity index (χ3v) is 4.07. The number of ketones is 1. The Kier molecular flexibility index (Phi) is 7.68. The van der Waals surface area contributed by atoms with Gasteiger partial charge in [0.15, 0.2) is 12.4 Å². The number of nitrogens with one attached hydrogen (secondary N) is 1. The zero-order chi connectivity index (χ0) is 18.8. The van der Waals surface area contributed by atoms with Crippen LogP contribution in [0.4, 0.5) is 5.69 Å². The van der Waals surface area contributed by atoms with Gasteiger partial charge < -0.3 is 15.0 Å². The first-order valence-corrected chi connectivity index (χ1v) is 8.83. The van der Waals surface area contributed by atoms with Crippen LogP contribution < -0.4 is 15.0 Å². The van der Waals surface area contributed by atoms with Gasteiger partial charge in [-0.05, 0) is 56.2 Å². The molecule has 0 unspecified atom stereocenters. The summed E-state index contributed by atoms with van der Waals surface area (Å²) in [6.07, 6.45) is 1.91. The normalized spacial score (nSPS) is 10.2. The monoisotopic (exact) mass is 354 g/mol. The van der Waals surface area contributed by atoms with Crippen molar-refractivity contribution in [2.75, 3.05) is 31.6 Å². The highest BCUT2D eigenvalue weighted by molar-refractivity contribution is 5.94. The lowest BCUT2D eigenvalue weighted by Crippen LogP contribution is -2.30. The van der Waals surface area contributed by atoms with E-state index in [1.165, 1.54) is 12.6 Å². The average Bonchev–Trinajstić information content (AvgIpc) is 2.67. The average molecular weight is 354 g/mol. The molecule has 1 N–H and O–H groups in total. The number of benzene rings is 2. The molecule has 0 atom stereocenters. The van der Waals surface area contributed by atoms with Crippen molar-refractivity contribution in [3.05, 3.63) is 60.2 Å². The number of nitrogens with zero attached hydrogens (tertiary/aromatic N) is 1. The van der Waals surface area contributed by atoms with Gasteiger partial charge in [0.25, 0.3) is 5.91 Å². The number of Topliss-reactive ketones (excluding diaryl/α,β-unsaturated/α-hetero) is 1. The number of para-hydroxylation sites is 1. The highest BCUT2D eigenvalue weighted by Gasteiger charge is 2.04. The summed E-state index contributed by atoms with van der Waals surface area (Å²) in [6, 6.07) is 17.0. The second kappa shape index (κ2) is 10.2. The lowest BCUT2D eigenvalue weighted by molar-refractivity contribution is -0.123. The lowest BCUT2D eigenvalue weighted by atomic mass is 10.1. The Morgan fingerprint density at radius 3 is 2.35 bits per heavy atom. The third kappa shape index (κ3) is 6.59. The first kappa shape index (κ1) is 19.5. The van der Waals surface area contributed by atoms with Gasteiger partial charge in [0.05, 0.1) is 0 Å². The smallest absolute Gasteiger partial charge is 0.257 e. The standard InChI is InChI=1S/C21H26N2O3/c1-17(24)18-10-12-20(13-11-18)26-16-21(25)22-14-6-7-15-23(2)19-8-4-3-5-9-19/h3-5,8-13H,6-7,14-16H2,1-2H3,(H,22,25). The second-order valence-electron chi connectivity index (χ2n) is 6.18. The maximum atomic E-state index is 11.8. The van der Waals surface area contributed by atoms with Crippen molar-refractivity contribution in [2.24, 2.45) is 0 Å². The second-order valence-corrected chi connectivity index (χ2v) is 6.18. The van der Waals surface area contributed by atoms with E-state index in [0.717, 1.165) is 19.4 Å². The van der Waals surface area contributed by atoms with Gasteiger partial charge in [-0.1, -0.05) is 18.2 Å². The Labute approximate surface area is 155 Å². The molecule has 0 fully saturated rings. The highest BCUT2D eigenvalue weighted by Crippen LogP contribution is 2.13. The molecule has 0 heterocycles. The van der Waals surface area contributed by atoms with Crippen LogP contribution in [-0.4, -0.2) is 38.4 Å². The fourth-order valence-electron chi connectivity index (χ4n) is 2.50. The summed E-state index contributed by atoms with van der Waals surface area (Å²) >= 11 is 0. The Balaban J connectivity index is 1.58. The molecular weight excluding hydrogens is 328 g/mol. The van der Waals surface area contributed by atoms with Crippen molar-refractivity contribution in [2.45, 2.75) is 19.8 Å². The van der Waals surface area contributed by atoms with E-state index >= 15 is 0 Å². The van der Waals surface area contributed by atoms with E-state index in [2.05, 4.69) is 29.4 Å². The molecule has 2 aromatic rings. The number of amides is 1. The van der Waals surface area contributed by atoms with Crippen molar-refractivity contribution in [1.82, 2.24) is 5.32 Å². The van der Waals surface area contributed by atoms with E-state index < -0.39 is 0 Å². The van der Waals surface area contributed by atoms with E-state index in [-0.39, 0.29) is 18.3 Å². The maximum absolute atomic E-state index is 11.8. The van der Waals surface area contributed by atoms with Crippen LogP contribution in [0.25, 0.3) is 0 Å². The van der Waals surface area contributed by atoms with Gasteiger partial charge >= 0.3 is 0 Å². The molecule has 5 heteroatoms. The number of hydrogen-bond acceptors (Lipinski definition) is 4. The molecule has 0 aromatic heterocycles. The summed E-state index contributed by atoms with van der Waals surface area (Å²) in [5.41, 5.74) is 1.82. The molecule has 138 valence electrons. The molecule has 0 bridgehead atoms. The molecular formula is C21H26N2O3. The van der Waals surface area contributed by atoms with Crippen molar-refractivity contribution in [1.29, 1.82) is 0 Å². The van der Waals surface area contributed by atoms with Gasteiger partial charge in [-0.2, -0.15) is 0 Å². The van der Waals surface area contributed by atoms with Gasteiger partial charge in [0.1, 0.15) is 5.75 Å². The molecule has 0 aliphatic rings. The summed E-state index contributed by atoms with van der Waals surface area (Å²) in [5.74, 6) is 0.443. The minimum absolute atomic E-state index is 0.00667. The molecule has 0 saturated heterocycles. The Morgan fingerprint density at radius 1 is 1.00 bits per heavy atom. The van der Waals surface area contributed by atoms with Gasteiger partial charge in [0.2, 0.25) is 0 Å². The number of anilines is 1. The summed E-state index contributed by atoms with van der Waals surface area (Å²) in [6.45, 7) is 3.07. The Hall–Kier alpha value is -2.82. The van der Waals surface area contributed by atoms with Crippen molar-refractivity contribution >= 4 is 17.4 Å². The van der Waals surface area contributed by atoms with E-state index in [0.29, 0.717) is 17.9 Å². The number of carbonyl (C=O) groups excluding carboxylic acids is 2. The van der Waals surface area contributed by atoms with Crippen molar-refractivity contribution < 1.29 is 14.3 Å². The summed E-state index contributed by atoms with van der Waals surface area (Å²) in [5, 5.41) is 2.86. The molecule has 0 aliphatic carbocycles. The Morgan fingerprint density at radius 2 is 1.69 bits per heavy atom. The Bertz CT molecular complexity index is 699. The van der Waals surface area contributed by atoms with Gasteiger partial charge in [-0.25, -0.2) is 0 Å². The molecule has 5 nitrogen and oxygen atoms in total. The minimum atomic E-state index is -0.142. The minimum Gasteiger partial charge on any atom is -0.484 e. The first-order chi connectivity index (χ1) is 12.6. The van der Waals surface area contributed by atoms with Gasteiger partial charge in [0, 0.05) is 31.4 Å². The predicted molar refractivity (Wildman–Crippen MR) is 104 cm³/mol. The number of hydrogen-bond donors (Lipinski definition) is 1. The van der Waals surface area contributed by atoms with Crippen LogP contribution in [0.5, 0.6) is 5.75 Å². The van der Waals surface area contributed by atoms with Crippen LogP contribution in [0.3, 0.4) is 0 Å². The first-order valence-electron chi connectivity index (χ1n) is 8.83. The zero-order valence-electron chi connectivity index (χ0n) is 15.4. The molecule has 0 aliphatic heterocycles. The fraction of sp³-hybridized carbons (Fsp3) is 0.333. The number of ether oxygens (including phenoxy) is 1. The van der Waals surface area contributed by atoms with Gasteiger partial charge in [-0.3, -0.25) is 9.59 Å². The topological polar surface area (TPSA) is 58.6 Å². The molecule has 26 heavy (non-hydrogen) atoms. The third-order valence-electron chi connectivity index (χ3n) is 4.07. The molecule has 1 amide bonds. The SMILES string of the molecule is CC(=O)c1ccc(OCC(=O)NCCCCN(C)c2ccccc2)cc1. The largest absolute Gasteiger partial charge is 0.484 e. The molecule has 0 saturated carbocycles. The molecule has 0 radical (unpaired) electrons. The summed E-state index contributed by atoms with van der Waals surface area (Å²) in [7, 11) is 2.07. The van der Waals surface area contributed by atoms with Crippen LogP contribution in [0.2, 0.25) is 0 Å². The zero-order valence-corrected chi connectivity index (χ0v) is 15.4. The highest BCUT2D eigenvalue weighted by atomic mass is 16.5. The van der Waals surface area contributed by atoms with E-state index in [4.69, 9.17) is 4.74 Å². The van der Waals surface area contributed by atoms with Crippen LogP contribution in [0, 0.1) is 0 Å². The van der Waals surface area contributed by atoms with Crippen LogP contribution in [0.1, 0.15) is 30.1 Å². The quantitative estimate of drug-likeness (QED) is 0.525.